The zero-order valence-electron chi connectivity index (χ0n) is 19.3. The number of likely N-dealkylation sites (N-methyl/N-ethyl adjacent to an activating group) is 1. The summed E-state index contributed by atoms with van der Waals surface area (Å²) in [5, 5.41) is 6.85. The number of aliphatic imine (C=N–C) groups is 1. The van der Waals surface area contributed by atoms with Crippen molar-refractivity contribution < 1.29 is 4.79 Å². The molecule has 1 unspecified atom stereocenters. The van der Waals surface area contributed by atoms with E-state index in [1.54, 1.807) is 0 Å². The molecule has 8 heteroatoms. The first-order valence-corrected chi connectivity index (χ1v) is 11.4. The van der Waals surface area contributed by atoms with Crippen molar-refractivity contribution in [2.45, 2.75) is 33.2 Å². The Bertz CT molecular complexity index is 703. The first-order chi connectivity index (χ1) is 14.6. The third-order valence-electron chi connectivity index (χ3n) is 6.10. The number of hydrogen-bond donors (Lipinski definition) is 2. The predicted octanol–water partition coefficient (Wildman–Crippen LogP) is 2.37. The summed E-state index contributed by atoms with van der Waals surface area (Å²) in [5.41, 5.74) is 2.17. The molecule has 2 fully saturated rings. The Morgan fingerprint density at radius 1 is 1.06 bits per heavy atom. The van der Waals surface area contributed by atoms with Crippen molar-refractivity contribution in [3.05, 3.63) is 29.8 Å². The smallest absolute Gasteiger partial charge is 0.227 e. The van der Waals surface area contributed by atoms with E-state index in [2.05, 4.69) is 51.4 Å². The molecule has 0 aliphatic carbocycles. The molecule has 2 aliphatic rings. The number of carbonyl (C=O) groups is 1. The van der Waals surface area contributed by atoms with Gasteiger partial charge in [-0.15, -0.1) is 24.0 Å². The highest BCUT2D eigenvalue weighted by atomic mass is 127. The van der Waals surface area contributed by atoms with Crippen LogP contribution >= 0.6 is 24.0 Å². The number of rotatable bonds is 8. The number of hydrogen-bond acceptors (Lipinski definition) is 4. The Balaban J connectivity index is 0.00000341. The molecule has 2 saturated heterocycles. The second-order valence-electron chi connectivity index (χ2n) is 8.46. The molecule has 2 N–H and O–H groups in total. The first-order valence-electron chi connectivity index (χ1n) is 11.4. The molecule has 2 aliphatic heterocycles. The van der Waals surface area contributed by atoms with Crippen LogP contribution in [-0.2, 0) is 11.3 Å². The van der Waals surface area contributed by atoms with Gasteiger partial charge in [-0.05, 0) is 36.6 Å². The lowest BCUT2D eigenvalue weighted by Crippen LogP contribution is -2.48. The largest absolute Gasteiger partial charge is 0.356 e. The second kappa shape index (κ2) is 13.2. The van der Waals surface area contributed by atoms with Gasteiger partial charge in [0.2, 0.25) is 5.91 Å². The highest BCUT2D eigenvalue weighted by Gasteiger charge is 2.21. The van der Waals surface area contributed by atoms with Gasteiger partial charge in [-0.1, -0.05) is 26.0 Å². The van der Waals surface area contributed by atoms with Gasteiger partial charge in [-0.2, -0.15) is 0 Å². The fourth-order valence-electron chi connectivity index (χ4n) is 4.19. The summed E-state index contributed by atoms with van der Waals surface area (Å²) in [6.45, 7) is 14.0. The number of halogens is 1. The van der Waals surface area contributed by atoms with E-state index in [-0.39, 0.29) is 29.9 Å². The third kappa shape index (κ3) is 7.91. The normalized spacial score (nSPS) is 19.3. The first kappa shape index (κ1) is 25.9. The monoisotopic (exact) mass is 542 g/mol. The molecule has 3 rings (SSSR count). The van der Waals surface area contributed by atoms with Crippen molar-refractivity contribution in [2.24, 2.45) is 10.9 Å². The minimum Gasteiger partial charge on any atom is -0.356 e. The standard InChI is InChI=1S/C23H38N6O.HI/c1-4-27-12-14-28(15-13-27)18-19(2)16-25-23(24-3)26-17-20-7-9-21(10-8-20)29-11-5-6-22(29)30;/h7-10,19H,4-6,11-18H2,1-3H3,(H2,24,25,26);1H. The molecule has 0 aromatic heterocycles. The summed E-state index contributed by atoms with van der Waals surface area (Å²) >= 11 is 0. The minimum absolute atomic E-state index is 0. The van der Waals surface area contributed by atoms with E-state index >= 15 is 0 Å². The van der Waals surface area contributed by atoms with Crippen molar-refractivity contribution in [3.8, 4) is 0 Å². The van der Waals surface area contributed by atoms with E-state index in [9.17, 15) is 4.79 Å². The lowest BCUT2D eigenvalue weighted by atomic mass is 10.1. The lowest BCUT2D eigenvalue weighted by molar-refractivity contribution is -0.117. The summed E-state index contributed by atoms with van der Waals surface area (Å²) < 4.78 is 0. The van der Waals surface area contributed by atoms with E-state index in [0.29, 0.717) is 18.9 Å². The molecule has 1 amide bonds. The van der Waals surface area contributed by atoms with Gasteiger partial charge >= 0.3 is 0 Å². The fraction of sp³-hybridized carbons (Fsp3) is 0.652. The van der Waals surface area contributed by atoms with Crippen molar-refractivity contribution in [3.63, 3.8) is 0 Å². The highest BCUT2D eigenvalue weighted by molar-refractivity contribution is 14.0. The molecule has 31 heavy (non-hydrogen) atoms. The summed E-state index contributed by atoms with van der Waals surface area (Å²) in [5.74, 6) is 1.62. The average molecular weight is 543 g/mol. The Hall–Kier alpha value is -1.39. The van der Waals surface area contributed by atoms with Crippen LogP contribution in [0, 0.1) is 5.92 Å². The van der Waals surface area contributed by atoms with E-state index in [1.807, 2.05) is 24.1 Å². The molecule has 0 saturated carbocycles. The lowest BCUT2D eigenvalue weighted by Gasteiger charge is -2.35. The van der Waals surface area contributed by atoms with Crippen molar-refractivity contribution >= 4 is 41.5 Å². The van der Waals surface area contributed by atoms with Gasteiger partial charge in [-0.25, -0.2) is 0 Å². The van der Waals surface area contributed by atoms with Crippen molar-refractivity contribution in [1.29, 1.82) is 0 Å². The summed E-state index contributed by atoms with van der Waals surface area (Å²) in [7, 11) is 1.81. The van der Waals surface area contributed by atoms with Crippen LogP contribution in [0.25, 0.3) is 0 Å². The van der Waals surface area contributed by atoms with Crippen LogP contribution < -0.4 is 15.5 Å². The molecule has 0 bridgehead atoms. The quantitative estimate of drug-likeness (QED) is 0.300. The maximum absolute atomic E-state index is 11.9. The van der Waals surface area contributed by atoms with Gasteiger partial charge in [0.15, 0.2) is 5.96 Å². The van der Waals surface area contributed by atoms with Crippen LogP contribution in [0.4, 0.5) is 5.69 Å². The molecule has 1 aromatic rings. The van der Waals surface area contributed by atoms with Crippen LogP contribution in [0.2, 0.25) is 0 Å². The van der Waals surface area contributed by atoms with Crippen LogP contribution in [0.15, 0.2) is 29.3 Å². The Morgan fingerprint density at radius 3 is 2.32 bits per heavy atom. The minimum atomic E-state index is 0. The SMILES string of the molecule is CCN1CCN(CC(C)CNC(=NC)NCc2ccc(N3CCCC3=O)cc2)CC1.I. The second-order valence-corrected chi connectivity index (χ2v) is 8.46. The molecule has 7 nitrogen and oxygen atoms in total. The van der Waals surface area contributed by atoms with Crippen LogP contribution in [0.1, 0.15) is 32.3 Å². The van der Waals surface area contributed by atoms with Gasteiger partial charge in [0.25, 0.3) is 0 Å². The van der Waals surface area contributed by atoms with Gasteiger partial charge in [0.05, 0.1) is 0 Å². The molecule has 2 heterocycles. The predicted molar refractivity (Wildman–Crippen MR) is 139 cm³/mol. The zero-order valence-corrected chi connectivity index (χ0v) is 21.6. The number of anilines is 1. The van der Waals surface area contributed by atoms with Gasteiger partial charge < -0.3 is 25.3 Å². The fourth-order valence-corrected chi connectivity index (χ4v) is 4.19. The van der Waals surface area contributed by atoms with Crippen molar-refractivity contribution in [1.82, 2.24) is 20.4 Å². The molecule has 1 atom stereocenters. The number of amides is 1. The number of nitrogens with zero attached hydrogens (tertiary/aromatic N) is 4. The molecular weight excluding hydrogens is 503 g/mol. The highest BCUT2D eigenvalue weighted by Crippen LogP contribution is 2.21. The van der Waals surface area contributed by atoms with Crippen LogP contribution in [0.3, 0.4) is 0 Å². The molecule has 0 radical (unpaired) electrons. The van der Waals surface area contributed by atoms with Crippen LogP contribution in [-0.4, -0.2) is 81.1 Å². The number of carbonyl (C=O) groups excluding carboxylic acids is 1. The summed E-state index contributed by atoms with van der Waals surface area (Å²) in [6.07, 6.45) is 1.62. The molecule has 0 spiro atoms. The van der Waals surface area contributed by atoms with E-state index in [1.165, 1.54) is 31.7 Å². The van der Waals surface area contributed by atoms with E-state index < -0.39 is 0 Å². The summed E-state index contributed by atoms with van der Waals surface area (Å²) in [4.78, 5) is 23.2. The number of guanidine groups is 1. The van der Waals surface area contributed by atoms with Gasteiger partial charge in [-0.3, -0.25) is 9.79 Å². The maximum atomic E-state index is 11.9. The number of nitrogens with one attached hydrogen (secondary N) is 2. The molecule has 1 aromatic carbocycles. The third-order valence-corrected chi connectivity index (χ3v) is 6.10. The topological polar surface area (TPSA) is 63.2 Å². The van der Waals surface area contributed by atoms with Crippen LogP contribution in [0.5, 0.6) is 0 Å². The average Bonchev–Trinajstić information content (AvgIpc) is 3.20. The maximum Gasteiger partial charge on any atom is 0.227 e. The van der Waals surface area contributed by atoms with Gasteiger partial charge in [0.1, 0.15) is 0 Å². The number of piperazine rings is 1. The van der Waals surface area contributed by atoms with E-state index in [4.69, 9.17) is 0 Å². The Labute approximate surface area is 204 Å². The van der Waals surface area contributed by atoms with E-state index in [0.717, 1.165) is 44.2 Å². The van der Waals surface area contributed by atoms with Gasteiger partial charge in [0, 0.05) is 71.5 Å². The summed E-state index contributed by atoms with van der Waals surface area (Å²) in [6, 6.07) is 8.24. The Morgan fingerprint density at radius 2 is 1.74 bits per heavy atom. The molecular formula is C23H39IN6O. The zero-order chi connectivity index (χ0) is 21.3. The Kier molecular flexibility index (Phi) is 11.0. The number of benzene rings is 1. The molecule has 174 valence electrons. The van der Waals surface area contributed by atoms with Crippen molar-refractivity contribution in [2.75, 3.05) is 64.3 Å².